The van der Waals surface area contributed by atoms with Crippen LogP contribution in [0.15, 0.2) is 29.3 Å². The number of ether oxygens (including phenoxy) is 2. The van der Waals surface area contributed by atoms with E-state index in [0.717, 1.165) is 0 Å². The van der Waals surface area contributed by atoms with E-state index < -0.39 is 18.1 Å². The normalized spacial score (nSPS) is 22.9. The number of rotatable bonds is 2. The third-order valence-corrected chi connectivity index (χ3v) is 2.36. The van der Waals surface area contributed by atoms with E-state index in [9.17, 15) is 9.18 Å². The second-order valence-corrected chi connectivity index (χ2v) is 3.33. The van der Waals surface area contributed by atoms with Crippen molar-refractivity contribution in [2.45, 2.75) is 12.1 Å². The highest BCUT2D eigenvalue weighted by Crippen LogP contribution is 2.27. The van der Waals surface area contributed by atoms with Crippen LogP contribution >= 0.6 is 0 Å². The Balaban J connectivity index is 2.21. The van der Waals surface area contributed by atoms with E-state index in [2.05, 4.69) is 9.73 Å². The third-order valence-electron chi connectivity index (χ3n) is 2.36. The molecule has 4 nitrogen and oxygen atoms in total. The number of methoxy groups -OCH3 is 1. The monoisotopic (exact) mass is 223 g/mol. The molecular formula is C11H10FNO3. The van der Waals surface area contributed by atoms with Crippen LogP contribution in [-0.4, -0.2) is 25.5 Å². The van der Waals surface area contributed by atoms with E-state index in [1.54, 1.807) is 12.1 Å². The van der Waals surface area contributed by atoms with E-state index in [1.807, 2.05) is 0 Å². The standard InChI is InChI=1S/C11H10FNO3/c1-15-11(14)9-10(16-6-13-9)7-2-4-8(12)5-3-7/h2-6,9-10H,1H3/t9-,10+/m0/s1. The smallest absolute Gasteiger partial charge is 0.334 e. The second kappa shape index (κ2) is 4.30. The maximum atomic E-state index is 12.7. The maximum absolute atomic E-state index is 12.7. The Morgan fingerprint density at radius 3 is 2.75 bits per heavy atom. The van der Waals surface area contributed by atoms with Crippen molar-refractivity contribution in [1.29, 1.82) is 0 Å². The summed E-state index contributed by atoms with van der Waals surface area (Å²) in [5, 5.41) is 0. The minimum Gasteiger partial charge on any atom is -0.473 e. The summed E-state index contributed by atoms with van der Waals surface area (Å²) in [5.41, 5.74) is 0.689. The molecule has 0 spiro atoms. The quantitative estimate of drug-likeness (QED) is 0.713. The highest BCUT2D eigenvalue weighted by molar-refractivity contribution is 5.80. The second-order valence-electron chi connectivity index (χ2n) is 3.33. The van der Waals surface area contributed by atoms with Crippen LogP contribution in [0, 0.1) is 5.82 Å². The average Bonchev–Trinajstić information content (AvgIpc) is 2.78. The van der Waals surface area contributed by atoms with Gasteiger partial charge < -0.3 is 9.47 Å². The summed E-state index contributed by atoms with van der Waals surface area (Å²) < 4.78 is 22.5. The SMILES string of the molecule is COC(=O)[C@H]1N=CO[C@@H]1c1ccc(F)cc1. The van der Waals surface area contributed by atoms with Crippen molar-refractivity contribution in [3.8, 4) is 0 Å². The van der Waals surface area contributed by atoms with Crippen LogP contribution in [0.25, 0.3) is 0 Å². The molecule has 0 fully saturated rings. The van der Waals surface area contributed by atoms with Crippen LogP contribution in [0.1, 0.15) is 11.7 Å². The van der Waals surface area contributed by atoms with Gasteiger partial charge in [-0.05, 0) is 17.7 Å². The predicted octanol–water partition coefficient (Wildman–Crippen LogP) is 1.47. The van der Waals surface area contributed by atoms with Crippen molar-refractivity contribution in [3.63, 3.8) is 0 Å². The Hall–Kier alpha value is -1.91. The Morgan fingerprint density at radius 1 is 1.44 bits per heavy atom. The molecule has 1 aromatic carbocycles. The number of hydrogen-bond donors (Lipinski definition) is 0. The lowest BCUT2D eigenvalue weighted by molar-refractivity contribution is -0.143. The van der Waals surface area contributed by atoms with Gasteiger partial charge in [0, 0.05) is 0 Å². The van der Waals surface area contributed by atoms with Crippen molar-refractivity contribution in [3.05, 3.63) is 35.6 Å². The molecule has 0 unspecified atom stereocenters. The molecule has 1 aromatic rings. The van der Waals surface area contributed by atoms with Gasteiger partial charge >= 0.3 is 5.97 Å². The Morgan fingerprint density at radius 2 is 2.12 bits per heavy atom. The lowest BCUT2D eigenvalue weighted by Crippen LogP contribution is -2.25. The first-order chi connectivity index (χ1) is 7.72. The number of benzene rings is 1. The van der Waals surface area contributed by atoms with Crippen molar-refractivity contribution >= 4 is 12.4 Å². The zero-order valence-corrected chi connectivity index (χ0v) is 8.59. The summed E-state index contributed by atoms with van der Waals surface area (Å²) in [5.74, 6) is -0.805. The topological polar surface area (TPSA) is 47.9 Å². The van der Waals surface area contributed by atoms with Crippen LogP contribution in [0.4, 0.5) is 4.39 Å². The summed E-state index contributed by atoms with van der Waals surface area (Å²) in [4.78, 5) is 15.2. The molecule has 0 saturated heterocycles. The number of carbonyl (C=O) groups excluding carboxylic acids is 1. The van der Waals surface area contributed by atoms with Crippen LogP contribution in [-0.2, 0) is 14.3 Å². The van der Waals surface area contributed by atoms with Gasteiger partial charge in [-0.25, -0.2) is 14.2 Å². The first-order valence-electron chi connectivity index (χ1n) is 4.73. The Labute approximate surface area is 91.7 Å². The number of hydrogen-bond acceptors (Lipinski definition) is 4. The molecule has 1 heterocycles. The summed E-state index contributed by atoms with van der Waals surface area (Å²) in [6.07, 6.45) is 0.684. The minimum atomic E-state index is -0.713. The van der Waals surface area contributed by atoms with Crippen LogP contribution in [0.2, 0.25) is 0 Å². The van der Waals surface area contributed by atoms with Crippen LogP contribution in [0.5, 0.6) is 0 Å². The van der Waals surface area contributed by atoms with E-state index in [-0.39, 0.29) is 5.82 Å². The average molecular weight is 223 g/mol. The molecule has 2 rings (SSSR count). The first-order valence-corrected chi connectivity index (χ1v) is 4.73. The molecule has 0 bridgehead atoms. The molecular weight excluding hydrogens is 213 g/mol. The van der Waals surface area contributed by atoms with Crippen molar-refractivity contribution in [2.75, 3.05) is 7.11 Å². The number of aliphatic imine (C=N–C) groups is 1. The fraction of sp³-hybridized carbons (Fsp3) is 0.273. The van der Waals surface area contributed by atoms with Crippen LogP contribution in [0.3, 0.4) is 0 Å². The van der Waals surface area contributed by atoms with Crippen LogP contribution < -0.4 is 0 Å². The molecule has 0 aromatic heterocycles. The number of esters is 1. The molecule has 0 amide bonds. The number of halogens is 1. The third kappa shape index (κ3) is 1.88. The Bertz CT molecular complexity index is 416. The molecule has 5 heteroatoms. The van der Waals surface area contributed by atoms with Crippen molar-refractivity contribution < 1.29 is 18.7 Å². The van der Waals surface area contributed by atoms with Gasteiger partial charge in [0.1, 0.15) is 5.82 Å². The molecule has 0 N–H and O–H groups in total. The predicted molar refractivity (Wildman–Crippen MR) is 54.5 cm³/mol. The molecule has 84 valence electrons. The maximum Gasteiger partial charge on any atom is 0.334 e. The highest BCUT2D eigenvalue weighted by Gasteiger charge is 2.34. The first kappa shape index (κ1) is 10.6. The minimum absolute atomic E-state index is 0.336. The number of carbonyl (C=O) groups is 1. The van der Waals surface area contributed by atoms with Gasteiger partial charge in [0.05, 0.1) is 7.11 Å². The van der Waals surface area contributed by atoms with Crippen molar-refractivity contribution in [1.82, 2.24) is 0 Å². The Kier molecular flexibility index (Phi) is 2.85. The lowest BCUT2D eigenvalue weighted by Gasteiger charge is -2.15. The van der Waals surface area contributed by atoms with Gasteiger partial charge in [0.15, 0.2) is 18.5 Å². The molecule has 0 saturated carbocycles. The van der Waals surface area contributed by atoms with Gasteiger partial charge in [-0.15, -0.1) is 0 Å². The highest BCUT2D eigenvalue weighted by atomic mass is 19.1. The summed E-state index contributed by atoms with van der Waals surface area (Å²) in [7, 11) is 1.29. The summed E-state index contributed by atoms with van der Waals surface area (Å²) >= 11 is 0. The largest absolute Gasteiger partial charge is 0.473 e. The van der Waals surface area contributed by atoms with E-state index in [4.69, 9.17) is 4.74 Å². The fourth-order valence-electron chi connectivity index (χ4n) is 1.54. The molecule has 16 heavy (non-hydrogen) atoms. The molecule has 0 radical (unpaired) electrons. The van der Waals surface area contributed by atoms with E-state index >= 15 is 0 Å². The lowest BCUT2D eigenvalue weighted by atomic mass is 10.0. The summed E-state index contributed by atoms with van der Waals surface area (Å²) in [6.45, 7) is 0. The molecule has 1 aliphatic heterocycles. The zero-order valence-electron chi connectivity index (χ0n) is 8.59. The van der Waals surface area contributed by atoms with Gasteiger partial charge in [0.2, 0.25) is 0 Å². The van der Waals surface area contributed by atoms with Crippen molar-refractivity contribution in [2.24, 2.45) is 4.99 Å². The summed E-state index contributed by atoms with van der Waals surface area (Å²) in [6, 6.07) is 5.03. The molecule has 1 aliphatic rings. The van der Waals surface area contributed by atoms with Gasteiger partial charge in [-0.3, -0.25) is 0 Å². The molecule has 2 atom stereocenters. The number of nitrogens with zero attached hydrogens (tertiary/aromatic N) is 1. The molecule has 0 aliphatic carbocycles. The van der Waals surface area contributed by atoms with Gasteiger partial charge in [-0.1, -0.05) is 12.1 Å². The van der Waals surface area contributed by atoms with E-state index in [1.165, 1.54) is 25.6 Å². The fourth-order valence-corrected chi connectivity index (χ4v) is 1.54. The van der Waals surface area contributed by atoms with Gasteiger partial charge in [-0.2, -0.15) is 0 Å². The zero-order chi connectivity index (χ0) is 11.5. The van der Waals surface area contributed by atoms with Gasteiger partial charge in [0.25, 0.3) is 0 Å². The van der Waals surface area contributed by atoms with E-state index in [0.29, 0.717) is 5.56 Å².